The summed E-state index contributed by atoms with van der Waals surface area (Å²) in [6.45, 7) is 0. The van der Waals surface area contributed by atoms with Crippen molar-refractivity contribution in [2.75, 3.05) is 0 Å². The van der Waals surface area contributed by atoms with E-state index in [0.29, 0.717) is 0 Å². The van der Waals surface area contributed by atoms with Gasteiger partial charge in [0.15, 0.2) is 0 Å². The molecule has 4 heterocycles. The molecule has 61 heavy (non-hydrogen) atoms. The maximum absolute atomic E-state index is 5.52. The SMILES string of the molecule is c1ccc2c(c1)N=C1CC2C(c2ccc(-c3nc4ccc(-c5ccc6ccccc6c5)cc4c4nc5ccccc5n34)cc2)=Nc2ccc(-c3ccc4ccccc4c3)cc21. The number of para-hydroxylation sites is 3. The molecule has 5 heteroatoms. The standard InChI is InChI=1S/C56H35N5/c1-3-11-38-29-40(23-17-34(38)9-1)42-25-27-49-46(31-42)52-33-45(44-13-5-6-14-48(44)57-52)54(58-49)36-19-21-37(22-20-36)55-59-50-28-26-43(41-24-18-35-10-2-4-12-39(35)30-41)32-47(50)56-60-51-15-7-8-16-53(51)61(55)56/h1-32,45H,33H2. The molecule has 5 nitrogen and oxygen atoms in total. The molecule has 2 aliphatic heterocycles. The van der Waals surface area contributed by atoms with Crippen molar-refractivity contribution in [1.29, 1.82) is 0 Å². The maximum atomic E-state index is 5.52. The van der Waals surface area contributed by atoms with E-state index >= 15 is 0 Å². The molecule has 2 aromatic heterocycles. The number of rotatable bonds is 4. The first-order valence-corrected chi connectivity index (χ1v) is 20.9. The van der Waals surface area contributed by atoms with Crippen LogP contribution >= 0.6 is 0 Å². The summed E-state index contributed by atoms with van der Waals surface area (Å²) in [5, 5.41) is 5.94. The van der Waals surface area contributed by atoms with Gasteiger partial charge >= 0.3 is 0 Å². The minimum Gasteiger partial charge on any atom is -0.276 e. The quantitative estimate of drug-likeness (QED) is 0.179. The lowest BCUT2D eigenvalue weighted by Gasteiger charge is -2.24. The van der Waals surface area contributed by atoms with Gasteiger partial charge in [-0.05, 0) is 110 Å². The molecule has 13 rings (SSSR count). The van der Waals surface area contributed by atoms with E-state index in [1.807, 2.05) is 0 Å². The van der Waals surface area contributed by atoms with Gasteiger partial charge in [-0.2, -0.15) is 0 Å². The molecule has 0 fully saturated rings. The first-order chi connectivity index (χ1) is 30.2. The maximum Gasteiger partial charge on any atom is 0.149 e. The van der Waals surface area contributed by atoms with Crippen molar-refractivity contribution in [3.05, 3.63) is 211 Å². The summed E-state index contributed by atoms with van der Waals surface area (Å²) in [6, 6.07) is 69.3. The van der Waals surface area contributed by atoms with Gasteiger partial charge in [0.1, 0.15) is 11.5 Å². The van der Waals surface area contributed by atoms with Gasteiger partial charge in [-0.1, -0.05) is 140 Å². The predicted molar refractivity (Wildman–Crippen MR) is 252 cm³/mol. The zero-order valence-electron chi connectivity index (χ0n) is 33.0. The Bertz CT molecular complexity index is 3690. The van der Waals surface area contributed by atoms with E-state index in [4.69, 9.17) is 20.0 Å². The van der Waals surface area contributed by atoms with Gasteiger partial charge in [0.2, 0.25) is 0 Å². The number of imidazole rings is 1. The third-order valence-corrected chi connectivity index (χ3v) is 12.7. The number of benzene rings is 9. The molecule has 0 aliphatic carbocycles. The second-order valence-electron chi connectivity index (χ2n) is 16.2. The molecule has 11 aromatic rings. The van der Waals surface area contributed by atoms with Crippen molar-refractivity contribution in [1.82, 2.24) is 14.4 Å². The summed E-state index contributed by atoms with van der Waals surface area (Å²) < 4.78 is 2.23. The van der Waals surface area contributed by atoms with Crippen LogP contribution in [0.1, 0.15) is 29.0 Å². The van der Waals surface area contributed by atoms with Crippen LogP contribution < -0.4 is 0 Å². The van der Waals surface area contributed by atoms with Gasteiger partial charge in [0.05, 0.1) is 39.3 Å². The molecule has 0 amide bonds. The van der Waals surface area contributed by atoms with Crippen molar-refractivity contribution in [3.8, 4) is 33.6 Å². The van der Waals surface area contributed by atoms with Crippen LogP contribution in [-0.2, 0) is 0 Å². The number of nitrogens with zero attached hydrogens (tertiary/aromatic N) is 5. The summed E-state index contributed by atoms with van der Waals surface area (Å²) in [6.07, 6.45) is 0.779. The average Bonchev–Trinajstić information content (AvgIpc) is 3.67. The Balaban J connectivity index is 0.933. The van der Waals surface area contributed by atoms with Gasteiger partial charge in [-0.15, -0.1) is 0 Å². The van der Waals surface area contributed by atoms with Crippen LogP contribution in [0, 0.1) is 0 Å². The predicted octanol–water partition coefficient (Wildman–Crippen LogP) is 14.1. The lowest BCUT2D eigenvalue weighted by atomic mass is 9.82. The molecular weight excluding hydrogens is 743 g/mol. The van der Waals surface area contributed by atoms with E-state index in [-0.39, 0.29) is 5.92 Å². The second kappa shape index (κ2) is 13.2. The fourth-order valence-corrected chi connectivity index (χ4v) is 9.61. The Hall–Kier alpha value is -8.02. The molecule has 0 radical (unpaired) electrons. The third-order valence-electron chi connectivity index (χ3n) is 12.7. The van der Waals surface area contributed by atoms with Crippen molar-refractivity contribution in [3.63, 3.8) is 0 Å². The molecule has 0 N–H and O–H groups in total. The number of aliphatic imine (C=N–C) groups is 2. The Morgan fingerprint density at radius 3 is 1.82 bits per heavy atom. The third kappa shape index (κ3) is 5.48. The molecule has 0 saturated carbocycles. The summed E-state index contributed by atoms with van der Waals surface area (Å²) >= 11 is 0. The van der Waals surface area contributed by atoms with Crippen LogP contribution in [0.15, 0.2) is 204 Å². The zero-order chi connectivity index (χ0) is 40.0. The molecule has 284 valence electrons. The first-order valence-electron chi connectivity index (χ1n) is 20.9. The van der Waals surface area contributed by atoms with E-state index in [2.05, 4.69) is 199 Å². The lowest BCUT2D eigenvalue weighted by molar-refractivity contribution is 0.923. The Kier molecular flexibility index (Phi) is 7.36. The van der Waals surface area contributed by atoms with Crippen molar-refractivity contribution < 1.29 is 0 Å². The average molecular weight is 778 g/mol. The van der Waals surface area contributed by atoms with Gasteiger partial charge in [0.25, 0.3) is 0 Å². The van der Waals surface area contributed by atoms with E-state index in [1.165, 1.54) is 38.2 Å². The molecular formula is C56H35N5. The highest BCUT2D eigenvalue weighted by Crippen LogP contribution is 2.44. The van der Waals surface area contributed by atoms with Crippen molar-refractivity contribution in [2.45, 2.75) is 12.3 Å². The van der Waals surface area contributed by atoms with Crippen LogP contribution in [0.4, 0.5) is 11.4 Å². The minimum absolute atomic E-state index is 0.0611. The molecule has 9 aromatic carbocycles. The highest BCUT2D eigenvalue weighted by molar-refractivity contribution is 6.18. The molecule has 0 saturated heterocycles. The molecule has 2 aliphatic rings. The highest BCUT2D eigenvalue weighted by Gasteiger charge is 2.32. The first kappa shape index (κ1) is 33.9. The van der Waals surface area contributed by atoms with Gasteiger partial charge < -0.3 is 0 Å². The topological polar surface area (TPSA) is 54.9 Å². The van der Waals surface area contributed by atoms with Crippen LogP contribution in [-0.4, -0.2) is 25.8 Å². The van der Waals surface area contributed by atoms with E-state index < -0.39 is 0 Å². The monoisotopic (exact) mass is 777 g/mol. The molecule has 0 spiro atoms. The fourth-order valence-electron chi connectivity index (χ4n) is 9.61. The zero-order valence-corrected chi connectivity index (χ0v) is 33.0. The van der Waals surface area contributed by atoms with Crippen LogP contribution in [0.3, 0.4) is 0 Å². The smallest absolute Gasteiger partial charge is 0.149 e. The molecule has 2 bridgehead atoms. The minimum atomic E-state index is 0.0611. The van der Waals surface area contributed by atoms with Crippen molar-refractivity contribution >= 4 is 71.9 Å². The Labute approximate surface area is 351 Å². The van der Waals surface area contributed by atoms with Crippen LogP contribution in [0.2, 0.25) is 0 Å². The summed E-state index contributed by atoms with van der Waals surface area (Å²) in [5.41, 5.74) is 16.9. The number of aromatic nitrogens is 3. The summed E-state index contributed by atoms with van der Waals surface area (Å²) in [7, 11) is 0. The summed E-state index contributed by atoms with van der Waals surface area (Å²) in [5.74, 6) is 0.916. The molecule has 1 unspecified atom stereocenters. The Morgan fingerprint density at radius 1 is 0.426 bits per heavy atom. The van der Waals surface area contributed by atoms with E-state index in [0.717, 1.165) is 90.4 Å². The Morgan fingerprint density at radius 2 is 1.03 bits per heavy atom. The number of hydrogen-bond acceptors (Lipinski definition) is 4. The number of fused-ring (bicyclic) bond motifs is 13. The van der Waals surface area contributed by atoms with Crippen LogP contribution in [0.5, 0.6) is 0 Å². The van der Waals surface area contributed by atoms with Gasteiger partial charge in [0, 0.05) is 28.9 Å². The lowest BCUT2D eigenvalue weighted by Crippen LogP contribution is -2.19. The van der Waals surface area contributed by atoms with Gasteiger partial charge in [-0.3, -0.25) is 14.4 Å². The normalized spacial score (nSPS) is 14.5. The fraction of sp³-hybridized carbons (Fsp3) is 0.0357. The largest absolute Gasteiger partial charge is 0.276 e. The number of hydrogen-bond donors (Lipinski definition) is 0. The summed E-state index contributed by atoms with van der Waals surface area (Å²) in [4.78, 5) is 21.4. The van der Waals surface area contributed by atoms with Gasteiger partial charge in [-0.25, -0.2) is 9.97 Å². The van der Waals surface area contributed by atoms with E-state index in [9.17, 15) is 0 Å². The highest BCUT2D eigenvalue weighted by atomic mass is 15.1. The van der Waals surface area contributed by atoms with E-state index in [1.54, 1.807) is 0 Å². The van der Waals surface area contributed by atoms with Crippen LogP contribution in [0.25, 0.3) is 82.8 Å². The molecule has 1 atom stereocenters. The second-order valence-corrected chi connectivity index (χ2v) is 16.2. The van der Waals surface area contributed by atoms with Crippen molar-refractivity contribution in [2.24, 2.45) is 9.98 Å².